The Morgan fingerprint density at radius 1 is 0.526 bits per heavy atom. The van der Waals surface area contributed by atoms with Crippen LogP contribution in [0.5, 0.6) is 11.5 Å². The van der Waals surface area contributed by atoms with Crippen LogP contribution in [0.15, 0.2) is 170 Å². The van der Waals surface area contributed by atoms with Gasteiger partial charge in [0.05, 0.1) is 0 Å². The van der Waals surface area contributed by atoms with Crippen LogP contribution in [-0.2, 0) is 42.7 Å². The Morgan fingerprint density at radius 3 is 1.74 bits per heavy atom. The number of hydrogen-bond acceptors (Lipinski definition) is 4. The van der Waals surface area contributed by atoms with Gasteiger partial charge in [-0.05, 0) is 121 Å². The fourth-order valence-electron chi connectivity index (χ4n) is 10.9. The van der Waals surface area contributed by atoms with E-state index in [2.05, 4.69) is 294 Å². The summed E-state index contributed by atoms with van der Waals surface area (Å²) in [5, 5.41) is 2.27. The molecule has 0 fully saturated rings. The Bertz CT molecular complexity index is 3560. The van der Waals surface area contributed by atoms with Gasteiger partial charge in [0.1, 0.15) is 5.82 Å². The molecule has 3 heterocycles. The molecule has 0 saturated carbocycles. The van der Waals surface area contributed by atoms with Crippen LogP contribution in [0.25, 0.3) is 38.8 Å². The Kier molecular flexibility index (Phi) is 14.7. The van der Waals surface area contributed by atoms with Crippen LogP contribution in [0.3, 0.4) is 0 Å². The molecule has 10 rings (SSSR count). The Balaban J connectivity index is 0.00000706. The predicted octanol–water partition coefficient (Wildman–Crippen LogP) is 18.6. The summed E-state index contributed by atoms with van der Waals surface area (Å²) in [4.78, 5) is 9.47. The van der Waals surface area contributed by atoms with Gasteiger partial charge < -0.3 is 19.1 Å². The minimum Gasteiger partial charge on any atom is -0.509 e. The summed E-state index contributed by atoms with van der Waals surface area (Å²) in [6.45, 7) is 34.3. The molecule has 0 unspecified atom stereocenters. The summed E-state index contributed by atoms with van der Waals surface area (Å²) < 4.78 is 9.60. The maximum atomic E-state index is 7.32. The molecule has 0 amide bonds. The third-order valence-electron chi connectivity index (χ3n) is 15.6. The normalized spacial score (nSPS) is 13.4. The summed E-state index contributed by atoms with van der Waals surface area (Å²) >= 11 is 0. The van der Waals surface area contributed by atoms with Crippen molar-refractivity contribution < 1.29 is 25.8 Å². The molecular weight excluding hydrogens is 1110 g/mol. The summed E-state index contributed by atoms with van der Waals surface area (Å²) in [5.74, 6) is 2.64. The molecule has 1 aliphatic heterocycles. The first kappa shape index (κ1) is 54.1. The van der Waals surface area contributed by atoms with Gasteiger partial charge in [0, 0.05) is 55.4 Å². The van der Waals surface area contributed by atoms with Gasteiger partial charge in [-0.2, -0.15) is 0 Å². The Labute approximate surface area is 467 Å². The Hall–Kier alpha value is -6.68. The molecule has 392 valence electrons. The van der Waals surface area contributed by atoms with Crippen molar-refractivity contribution in [1.29, 1.82) is 0 Å². The van der Waals surface area contributed by atoms with E-state index in [1.54, 1.807) is 0 Å². The van der Waals surface area contributed by atoms with Gasteiger partial charge in [0.2, 0.25) is 0 Å². The van der Waals surface area contributed by atoms with Crippen LogP contribution in [0.4, 0.5) is 11.4 Å². The summed E-state index contributed by atoms with van der Waals surface area (Å²) in [6, 6.07) is 62.9. The van der Waals surface area contributed by atoms with Crippen molar-refractivity contribution in [3.05, 3.63) is 234 Å². The summed E-state index contributed by atoms with van der Waals surface area (Å²) in [7, 11) is 0. The number of anilines is 2. The fourth-order valence-corrected chi connectivity index (χ4v) is 10.9. The first-order valence-corrected chi connectivity index (χ1v) is 26.8. The van der Waals surface area contributed by atoms with Crippen LogP contribution in [0, 0.1) is 18.8 Å². The van der Waals surface area contributed by atoms with E-state index >= 15 is 0 Å². The number of ether oxygens (including phenoxy) is 1. The van der Waals surface area contributed by atoms with Crippen molar-refractivity contribution >= 4 is 33.2 Å². The van der Waals surface area contributed by atoms with Crippen molar-refractivity contribution in [2.24, 2.45) is 0 Å². The predicted molar refractivity (Wildman–Crippen MR) is 316 cm³/mol. The number of pyridine rings is 1. The third-order valence-corrected chi connectivity index (χ3v) is 15.6. The van der Waals surface area contributed by atoms with Gasteiger partial charge in [-0.25, -0.2) is 4.98 Å². The fraction of sp³-hybridized carbons (Fsp3) is 0.286. The van der Waals surface area contributed by atoms with Gasteiger partial charge in [-0.1, -0.05) is 211 Å². The van der Waals surface area contributed by atoms with E-state index in [9.17, 15) is 0 Å². The maximum absolute atomic E-state index is 7.32. The smallest absolute Gasteiger partial charge is 0.135 e. The van der Waals surface area contributed by atoms with Crippen LogP contribution in [-0.4, -0.2) is 9.55 Å². The zero-order chi connectivity index (χ0) is 53.2. The van der Waals surface area contributed by atoms with Gasteiger partial charge in [-0.15, -0.1) is 53.8 Å². The molecule has 6 heteroatoms. The number of nitrogens with zero attached hydrogens (tertiary/aromatic N) is 4. The molecule has 7 aromatic carbocycles. The minimum absolute atomic E-state index is 0. The second-order valence-corrected chi connectivity index (χ2v) is 24.3. The molecule has 0 bridgehead atoms. The monoisotopic (exact) mass is 1180 g/mol. The topological polar surface area (TPSA) is 33.5 Å². The molecular formula is C70H73N4OPt-3. The van der Waals surface area contributed by atoms with Gasteiger partial charge in [0.25, 0.3) is 0 Å². The van der Waals surface area contributed by atoms with E-state index in [1.807, 2.05) is 6.20 Å². The number of hydrogen-bond donors (Lipinski definition) is 0. The van der Waals surface area contributed by atoms with E-state index in [0.29, 0.717) is 23.3 Å². The molecule has 1 aliphatic rings. The van der Waals surface area contributed by atoms with Gasteiger partial charge >= 0.3 is 0 Å². The molecule has 5 nitrogen and oxygen atoms in total. The zero-order valence-electron chi connectivity index (χ0n) is 46.9. The third kappa shape index (κ3) is 10.3. The molecule has 0 N–H and O–H groups in total. The summed E-state index contributed by atoms with van der Waals surface area (Å²) in [5.41, 5.74) is 15.5. The summed E-state index contributed by atoms with van der Waals surface area (Å²) in [6.07, 6.45) is 6.23. The van der Waals surface area contributed by atoms with E-state index in [0.717, 1.165) is 50.1 Å². The standard InChI is InChI=1S/C70H73N4O.Pt/c1-46(2)58-29-23-30-59(47(3)4)65(58)48-36-54(72-34-35-73(45-72)55-39-52(68(8,9)10)38-53(40-55)69(11,12)49-24-17-15-18-25-49)42-56(37-48)75-57-43-61(70(13,14)50-26-19-16-20-27-50)66-60-28-21-22-31-62(60)74(63(66)44-57)64-41-51(32-33-71-64)67(5,6)7;/h15-41,43,45-47H,1-14H3;/q-3;. The zero-order valence-corrected chi connectivity index (χ0v) is 49.2. The van der Waals surface area contributed by atoms with Crippen molar-refractivity contribution in [2.75, 3.05) is 9.80 Å². The number of aromatic nitrogens is 2. The van der Waals surface area contributed by atoms with Crippen molar-refractivity contribution in [2.45, 2.75) is 130 Å². The van der Waals surface area contributed by atoms with Crippen molar-refractivity contribution in [3.8, 4) is 28.4 Å². The molecule has 9 aromatic rings. The Morgan fingerprint density at radius 2 is 1.11 bits per heavy atom. The number of rotatable bonds is 12. The van der Waals surface area contributed by atoms with Crippen molar-refractivity contribution in [1.82, 2.24) is 9.55 Å². The number of fused-ring (bicyclic) bond motifs is 3. The van der Waals surface area contributed by atoms with E-state index in [4.69, 9.17) is 9.72 Å². The molecule has 0 spiro atoms. The van der Waals surface area contributed by atoms with Crippen LogP contribution < -0.4 is 14.5 Å². The maximum Gasteiger partial charge on any atom is 0.135 e. The minimum atomic E-state index is -0.430. The van der Waals surface area contributed by atoms with Crippen molar-refractivity contribution in [3.63, 3.8) is 0 Å². The quantitative estimate of drug-likeness (QED) is 0.114. The molecule has 2 aromatic heterocycles. The second-order valence-electron chi connectivity index (χ2n) is 24.3. The second kappa shape index (κ2) is 20.7. The first-order chi connectivity index (χ1) is 35.6. The average Bonchev–Trinajstić information content (AvgIpc) is 4.02. The number of para-hydroxylation sites is 1. The first-order valence-electron chi connectivity index (χ1n) is 26.8. The largest absolute Gasteiger partial charge is 0.509 e. The van der Waals surface area contributed by atoms with Gasteiger partial charge in [0.15, 0.2) is 0 Å². The van der Waals surface area contributed by atoms with Crippen LogP contribution in [0.2, 0.25) is 0 Å². The molecule has 0 radical (unpaired) electrons. The molecule has 76 heavy (non-hydrogen) atoms. The van der Waals surface area contributed by atoms with Crippen LogP contribution >= 0.6 is 0 Å². The molecule has 0 aliphatic carbocycles. The van der Waals surface area contributed by atoms with Gasteiger partial charge in [-0.3, -0.25) is 0 Å². The van der Waals surface area contributed by atoms with E-state index < -0.39 is 5.41 Å². The average molecular weight is 1180 g/mol. The molecule has 0 saturated heterocycles. The van der Waals surface area contributed by atoms with E-state index in [-0.39, 0.29) is 37.3 Å². The van der Waals surface area contributed by atoms with Crippen LogP contribution in [0.1, 0.15) is 153 Å². The van der Waals surface area contributed by atoms with E-state index in [1.165, 1.54) is 44.5 Å². The number of benzene rings is 7. The molecule has 0 atom stereocenters. The SMILES string of the molecule is CC(C)c1cccc(C(C)C)c1-c1cc(Oc2[c-]c3c(c(C(C)(C)c4ccccc4)c2)c2ccccc2n3-c2cc(C(C)(C)C)ccn2)[c-]c(N2C=CN(c3cc(C(C)(C)C)cc(C(C)(C)c4ccccc4)c3)[CH-]2)c1.[Pt].